The fourth-order valence-electron chi connectivity index (χ4n) is 5.35. The summed E-state index contributed by atoms with van der Waals surface area (Å²) < 4.78 is 28.0. The van der Waals surface area contributed by atoms with Crippen LogP contribution < -0.4 is 10.6 Å². The fraction of sp³-hybridized carbons (Fsp3) is 0.385. The largest absolute Gasteiger partial charge is 0.399 e. The van der Waals surface area contributed by atoms with Gasteiger partial charge < -0.3 is 10.6 Å². The molecule has 0 saturated carbocycles. The second-order valence-corrected chi connectivity index (χ2v) is 11.4. The molecule has 33 heavy (non-hydrogen) atoms. The van der Waals surface area contributed by atoms with Crippen molar-refractivity contribution in [2.75, 3.05) is 49.9 Å². The van der Waals surface area contributed by atoms with Crippen LogP contribution in [-0.4, -0.2) is 56.9 Å². The zero-order valence-electron chi connectivity index (χ0n) is 19.4. The molecule has 0 radical (unpaired) electrons. The molecule has 3 aromatic rings. The van der Waals surface area contributed by atoms with E-state index in [-0.39, 0.29) is 0 Å². The van der Waals surface area contributed by atoms with Gasteiger partial charge in [-0.3, -0.25) is 4.90 Å². The Morgan fingerprint density at radius 3 is 2.42 bits per heavy atom. The van der Waals surface area contributed by atoms with Gasteiger partial charge in [-0.25, -0.2) is 8.42 Å². The van der Waals surface area contributed by atoms with E-state index in [0.717, 1.165) is 44.7 Å². The molecule has 0 aromatic heterocycles. The second kappa shape index (κ2) is 8.31. The predicted octanol–water partition coefficient (Wildman–Crippen LogP) is 3.87. The lowest BCUT2D eigenvalue weighted by Gasteiger charge is -2.37. The van der Waals surface area contributed by atoms with Crippen LogP contribution in [0.2, 0.25) is 0 Å². The van der Waals surface area contributed by atoms with E-state index in [1.54, 1.807) is 16.4 Å². The number of rotatable bonds is 5. The van der Waals surface area contributed by atoms with Crippen molar-refractivity contribution in [2.24, 2.45) is 0 Å². The third-order valence-electron chi connectivity index (χ3n) is 7.17. The molecule has 0 bridgehead atoms. The molecular weight excluding hydrogens is 432 g/mol. The average molecular weight is 465 g/mol. The van der Waals surface area contributed by atoms with Crippen molar-refractivity contribution >= 4 is 32.2 Å². The van der Waals surface area contributed by atoms with E-state index < -0.39 is 15.6 Å². The molecule has 0 amide bonds. The number of nitrogen functional groups attached to an aromatic ring is 1. The topological polar surface area (TPSA) is 69.9 Å². The lowest BCUT2D eigenvalue weighted by Crippen LogP contribution is -2.47. The van der Waals surface area contributed by atoms with Crippen molar-refractivity contribution in [3.8, 4) is 0 Å². The van der Waals surface area contributed by atoms with Crippen LogP contribution in [0, 0.1) is 0 Å². The molecule has 2 N–H and O–H groups in total. The van der Waals surface area contributed by atoms with Crippen LogP contribution in [0.3, 0.4) is 0 Å². The molecular formula is C26H32N4O2S. The SMILES string of the molecule is CC1(C)c2ccc(N)cc2S(=O)(=O)N1CCCN1CCN(c2cccc3ccccc23)CC1. The van der Waals surface area contributed by atoms with E-state index >= 15 is 0 Å². The number of hydrogen-bond donors (Lipinski definition) is 1. The summed E-state index contributed by atoms with van der Waals surface area (Å²) in [5.41, 5.74) is 7.93. The number of fused-ring (bicyclic) bond motifs is 2. The number of anilines is 2. The van der Waals surface area contributed by atoms with Gasteiger partial charge in [0.05, 0.1) is 10.4 Å². The Morgan fingerprint density at radius 2 is 1.64 bits per heavy atom. The van der Waals surface area contributed by atoms with Crippen LogP contribution in [0.15, 0.2) is 65.6 Å². The number of hydrogen-bond acceptors (Lipinski definition) is 5. The molecule has 2 aliphatic heterocycles. The van der Waals surface area contributed by atoms with Crippen LogP contribution in [-0.2, 0) is 15.6 Å². The Kier molecular flexibility index (Phi) is 5.59. The smallest absolute Gasteiger partial charge is 0.244 e. The summed E-state index contributed by atoms with van der Waals surface area (Å²) in [5, 5.41) is 2.57. The number of nitrogens with two attached hydrogens (primary N) is 1. The van der Waals surface area contributed by atoms with Gasteiger partial charge in [-0.1, -0.05) is 42.5 Å². The van der Waals surface area contributed by atoms with E-state index in [1.807, 2.05) is 19.9 Å². The highest BCUT2D eigenvalue weighted by atomic mass is 32.2. The maximum absolute atomic E-state index is 13.2. The van der Waals surface area contributed by atoms with Gasteiger partial charge in [-0.05, 0) is 56.0 Å². The zero-order chi connectivity index (χ0) is 23.2. The van der Waals surface area contributed by atoms with Crippen LogP contribution in [0.1, 0.15) is 25.8 Å². The number of piperazine rings is 1. The van der Waals surface area contributed by atoms with Crippen LogP contribution in [0.4, 0.5) is 11.4 Å². The van der Waals surface area contributed by atoms with Crippen molar-refractivity contribution in [3.05, 3.63) is 66.2 Å². The van der Waals surface area contributed by atoms with Gasteiger partial charge in [0.2, 0.25) is 10.0 Å². The first kappa shape index (κ1) is 22.2. The summed E-state index contributed by atoms with van der Waals surface area (Å²) in [6, 6.07) is 20.3. The highest BCUT2D eigenvalue weighted by Crippen LogP contribution is 2.44. The molecule has 0 spiro atoms. The Balaban J connectivity index is 1.20. The predicted molar refractivity (Wildman–Crippen MR) is 135 cm³/mol. The number of sulfonamides is 1. The summed E-state index contributed by atoms with van der Waals surface area (Å²) in [6.07, 6.45) is 0.806. The first-order valence-electron chi connectivity index (χ1n) is 11.7. The highest BCUT2D eigenvalue weighted by molar-refractivity contribution is 7.89. The minimum Gasteiger partial charge on any atom is -0.399 e. The zero-order valence-corrected chi connectivity index (χ0v) is 20.2. The van der Waals surface area contributed by atoms with E-state index in [0.29, 0.717) is 17.1 Å². The Labute approximate surface area is 196 Å². The Bertz CT molecular complexity index is 1280. The van der Waals surface area contributed by atoms with Crippen LogP contribution in [0.25, 0.3) is 10.8 Å². The van der Waals surface area contributed by atoms with Crippen molar-refractivity contribution in [2.45, 2.75) is 30.7 Å². The lowest BCUT2D eigenvalue weighted by molar-refractivity contribution is 0.210. The van der Waals surface area contributed by atoms with Crippen molar-refractivity contribution in [3.63, 3.8) is 0 Å². The Hall–Kier alpha value is -2.61. The molecule has 174 valence electrons. The molecule has 0 unspecified atom stereocenters. The van der Waals surface area contributed by atoms with Crippen molar-refractivity contribution in [1.29, 1.82) is 0 Å². The standard InChI is InChI=1S/C26H32N4O2S/c1-26(2)23-12-11-21(27)19-25(23)33(31,32)30(26)14-6-13-28-15-17-29(18-16-28)24-10-5-8-20-7-3-4-9-22(20)24/h3-5,7-12,19H,6,13-18,27H2,1-2H3. The monoisotopic (exact) mass is 464 g/mol. The van der Waals surface area contributed by atoms with Gasteiger partial charge in [0.25, 0.3) is 0 Å². The van der Waals surface area contributed by atoms with Gasteiger partial charge in [-0.15, -0.1) is 0 Å². The van der Waals surface area contributed by atoms with Gasteiger partial charge >= 0.3 is 0 Å². The van der Waals surface area contributed by atoms with E-state index in [1.165, 1.54) is 16.5 Å². The summed E-state index contributed by atoms with van der Waals surface area (Å²) in [5.74, 6) is 0. The van der Waals surface area contributed by atoms with Gasteiger partial charge in [0.15, 0.2) is 0 Å². The summed E-state index contributed by atoms with van der Waals surface area (Å²) in [4.78, 5) is 5.27. The number of benzene rings is 3. The van der Waals surface area contributed by atoms with E-state index in [4.69, 9.17) is 5.73 Å². The molecule has 1 fully saturated rings. The molecule has 2 heterocycles. The van der Waals surface area contributed by atoms with Gasteiger partial charge in [0.1, 0.15) is 0 Å². The van der Waals surface area contributed by atoms with Gasteiger partial charge in [0, 0.05) is 49.5 Å². The first-order chi connectivity index (χ1) is 15.8. The first-order valence-corrected chi connectivity index (χ1v) is 13.1. The van der Waals surface area contributed by atoms with Crippen LogP contribution >= 0.6 is 0 Å². The quantitative estimate of drug-likeness (QED) is 0.581. The maximum atomic E-state index is 13.2. The normalized spacial score (nSPS) is 20.2. The fourth-order valence-corrected chi connectivity index (χ4v) is 7.53. The number of nitrogens with zero attached hydrogens (tertiary/aromatic N) is 3. The molecule has 0 atom stereocenters. The maximum Gasteiger partial charge on any atom is 0.244 e. The Morgan fingerprint density at radius 1 is 0.909 bits per heavy atom. The van der Waals surface area contributed by atoms with E-state index in [2.05, 4.69) is 52.3 Å². The van der Waals surface area contributed by atoms with Crippen LogP contribution in [0.5, 0.6) is 0 Å². The van der Waals surface area contributed by atoms with Gasteiger partial charge in [-0.2, -0.15) is 4.31 Å². The molecule has 2 aliphatic rings. The third-order valence-corrected chi connectivity index (χ3v) is 9.28. The van der Waals surface area contributed by atoms with E-state index in [9.17, 15) is 8.42 Å². The van der Waals surface area contributed by atoms with Crippen molar-refractivity contribution in [1.82, 2.24) is 9.21 Å². The summed E-state index contributed by atoms with van der Waals surface area (Å²) in [6.45, 7) is 9.28. The molecule has 6 nitrogen and oxygen atoms in total. The summed E-state index contributed by atoms with van der Waals surface area (Å²) in [7, 11) is -3.52. The molecule has 7 heteroatoms. The molecule has 0 aliphatic carbocycles. The highest BCUT2D eigenvalue weighted by Gasteiger charge is 2.47. The third kappa shape index (κ3) is 3.88. The molecule has 5 rings (SSSR count). The average Bonchev–Trinajstić information content (AvgIpc) is 2.95. The minimum atomic E-state index is -3.52. The molecule has 1 saturated heterocycles. The lowest BCUT2D eigenvalue weighted by atomic mass is 9.94. The van der Waals surface area contributed by atoms with Crippen molar-refractivity contribution < 1.29 is 8.42 Å². The molecule has 3 aromatic carbocycles. The second-order valence-electron chi connectivity index (χ2n) is 9.57. The minimum absolute atomic E-state index is 0.358. The summed E-state index contributed by atoms with van der Waals surface area (Å²) >= 11 is 0.